The smallest absolute Gasteiger partial charge is 0.220 e. The lowest BCUT2D eigenvalue weighted by Crippen LogP contribution is -2.26. The molecule has 0 spiro atoms. The molecule has 8 nitrogen and oxygen atoms in total. The maximum atomic E-state index is 14.4. The number of rotatable bonds is 4. The quantitative estimate of drug-likeness (QED) is 0.403. The van der Waals surface area contributed by atoms with Crippen LogP contribution in [-0.2, 0) is 12.6 Å². The summed E-state index contributed by atoms with van der Waals surface area (Å²) in [5.41, 5.74) is 8.29. The zero-order chi connectivity index (χ0) is 22.5. The van der Waals surface area contributed by atoms with Crippen LogP contribution in [0, 0.1) is 5.82 Å². The Morgan fingerprint density at radius 2 is 1.94 bits per heavy atom. The van der Waals surface area contributed by atoms with E-state index in [2.05, 4.69) is 25.0 Å². The second kappa shape index (κ2) is 7.24. The molecule has 0 saturated carbocycles. The minimum absolute atomic E-state index is 0.0279. The van der Waals surface area contributed by atoms with Gasteiger partial charge in [0, 0.05) is 53.3 Å². The molecule has 0 amide bonds. The number of H-pyrrole nitrogens is 1. The molecule has 5 aromatic rings. The van der Waals surface area contributed by atoms with E-state index < -0.39 is 11.4 Å². The summed E-state index contributed by atoms with van der Waals surface area (Å²) in [4.78, 5) is 16.2. The second-order valence-corrected chi connectivity index (χ2v) is 7.77. The fourth-order valence-electron chi connectivity index (χ4n) is 3.79. The van der Waals surface area contributed by atoms with Crippen molar-refractivity contribution in [2.24, 2.45) is 7.05 Å². The van der Waals surface area contributed by atoms with Crippen LogP contribution in [0.25, 0.3) is 33.4 Å². The van der Waals surface area contributed by atoms with E-state index in [-0.39, 0.29) is 17.2 Å². The van der Waals surface area contributed by atoms with E-state index in [1.165, 1.54) is 19.1 Å². The molecule has 1 atom stereocenters. The van der Waals surface area contributed by atoms with Gasteiger partial charge >= 0.3 is 0 Å². The van der Waals surface area contributed by atoms with E-state index in [0.717, 1.165) is 22.1 Å². The third-order valence-electron chi connectivity index (χ3n) is 5.49. The summed E-state index contributed by atoms with van der Waals surface area (Å²) >= 11 is 0. The summed E-state index contributed by atoms with van der Waals surface area (Å²) in [5.74, 6) is -0.562. The van der Waals surface area contributed by atoms with E-state index in [0.29, 0.717) is 11.3 Å². The normalized spacial score (nSPS) is 13.4. The Morgan fingerprint density at radius 3 is 2.69 bits per heavy atom. The fourth-order valence-corrected chi connectivity index (χ4v) is 3.79. The number of nitrogens with zero attached hydrogens (tertiary/aromatic N) is 5. The van der Waals surface area contributed by atoms with Gasteiger partial charge in [0.2, 0.25) is 5.95 Å². The van der Waals surface area contributed by atoms with Crippen molar-refractivity contribution in [2.45, 2.75) is 12.5 Å². The summed E-state index contributed by atoms with van der Waals surface area (Å²) < 4.78 is 16.1. The molecule has 0 aliphatic rings. The van der Waals surface area contributed by atoms with Gasteiger partial charge in [-0.25, -0.2) is 19.3 Å². The summed E-state index contributed by atoms with van der Waals surface area (Å²) in [6.45, 7) is 1.48. The van der Waals surface area contributed by atoms with E-state index in [1.807, 2.05) is 19.3 Å². The molecule has 0 saturated heterocycles. The van der Waals surface area contributed by atoms with Gasteiger partial charge in [-0.1, -0.05) is 18.2 Å². The third-order valence-corrected chi connectivity index (χ3v) is 5.49. The van der Waals surface area contributed by atoms with Crippen LogP contribution in [0.1, 0.15) is 18.2 Å². The molecule has 0 aliphatic heterocycles. The van der Waals surface area contributed by atoms with Crippen LogP contribution in [-0.4, -0.2) is 34.8 Å². The molecule has 32 heavy (non-hydrogen) atoms. The van der Waals surface area contributed by atoms with E-state index in [9.17, 15) is 9.50 Å². The number of anilines is 1. The number of nitrogen functional groups attached to an aromatic ring is 1. The highest BCUT2D eigenvalue weighted by molar-refractivity contribution is 5.95. The topological polar surface area (TPSA) is 119 Å². The van der Waals surface area contributed by atoms with E-state index in [4.69, 9.17) is 5.73 Å². The number of fused-ring (bicyclic) bond motifs is 1. The van der Waals surface area contributed by atoms with E-state index in [1.54, 1.807) is 41.5 Å². The number of nitrogens with one attached hydrogen (secondary N) is 1. The largest absolute Gasteiger partial charge is 0.379 e. The van der Waals surface area contributed by atoms with Crippen molar-refractivity contribution in [1.82, 2.24) is 29.7 Å². The molecular formula is C23H20FN7O. The minimum Gasteiger partial charge on any atom is -0.379 e. The molecule has 9 heteroatoms. The lowest BCUT2D eigenvalue weighted by atomic mass is 9.91. The van der Waals surface area contributed by atoms with E-state index >= 15 is 0 Å². The average Bonchev–Trinajstić information content (AvgIpc) is 3.39. The average molecular weight is 429 g/mol. The van der Waals surface area contributed by atoms with Crippen LogP contribution < -0.4 is 5.73 Å². The zero-order valence-electron chi connectivity index (χ0n) is 17.4. The maximum absolute atomic E-state index is 14.4. The van der Waals surface area contributed by atoms with Crippen molar-refractivity contribution in [3.05, 3.63) is 78.3 Å². The molecule has 5 rings (SSSR count). The predicted molar refractivity (Wildman–Crippen MR) is 119 cm³/mol. The van der Waals surface area contributed by atoms with Crippen LogP contribution in [0.15, 0.2) is 61.2 Å². The summed E-state index contributed by atoms with van der Waals surface area (Å²) in [6, 6.07) is 9.63. The SMILES string of the molecule is Cn1cc(-c2cnc3[nH]cc(-c4cc([C@](C)(O)c5ccccc5F)nc(N)n4)c3c2)cn1. The molecule has 0 fully saturated rings. The number of aromatic amines is 1. The van der Waals surface area contributed by atoms with Crippen molar-refractivity contribution < 1.29 is 9.50 Å². The van der Waals surface area contributed by atoms with Crippen molar-refractivity contribution >= 4 is 17.0 Å². The molecular weight excluding hydrogens is 409 g/mol. The standard InChI is InChI=1S/C23H20FN7O/c1-23(32,17-5-3-4-6-18(17)24)20-8-19(29-22(25)30-20)16-11-27-21-15(16)7-13(9-26-21)14-10-28-31(2)12-14/h3-12,32H,1-2H3,(H,26,27)(H2,25,29,30)/t23-/m1/s1. The third kappa shape index (κ3) is 3.28. The number of aryl methyl sites for hydroxylation is 1. The Kier molecular flexibility index (Phi) is 4.49. The summed E-state index contributed by atoms with van der Waals surface area (Å²) in [5, 5.41) is 16.2. The van der Waals surface area contributed by atoms with Crippen molar-refractivity contribution in [3.8, 4) is 22.4 Å². The highest BCUT2D eigenvalue weighted by Gasteiger charge is 2.31. The first kappa shape index (κ1) is 19.8. The molecule has 4 heterocycles. The highest BCUT2D eigenvalue weighted by atomic mass is 19.1. The second-order valence-electron chi connectivity index (χ2n) is 7.77. The monoisotopic (exact) mass is 429 g/mol. The number of nitrogens with two attached hydrogens (primary N) is 1. The number of aliphatic hydroxyl groups is 1. The molecule has 0 aliphatic carbocycles. The predicted octanol–water partition coefficient (Wildman–Crippen LogP) is 3.40. The van der Waals surface area contributed by atoms with Crippen LogP contribution in [0.5, 0.6) is 0 Å². The maximum Gasteiger partial charge on any atom is 0.220 e. The van der Waals surface area contributed by atoms with Gasteiger partial charge < -0.3 is 15.8 Å². The van der Waals surface area contributed by atoms with Gasteiger partial charge in [0.25, 0.3) is 0 Å². The Balaban J connectivity index is 1.64. The van der Waals surface area contributed by atoms with Crippen LogP contribution in [0.4, 0.5) is 10.3 Å². The number of halogens is 1. The molecule has 0 bridgehead atoms. The van der Waals surface area contributed by atoms with Gasteiger partial charge in [-0.15, -0.1) is 0 Å². The Morgan fingerprint density at radius 1 is 1.12 bits per heavy atom. The van der Waals surface area contributed by atoms with Crippen molar-refractivity contribution in [3.63, 3.8) is 0 Å². The number of hydrogen-bond donors (Lipinski definition) is 3. The minimum atomic E-state index is -1.71. The first-order chi connectivity index (χ1) is 15.3. The number of pyridine rings is 1. The molecule has 4 N–H and O–H groups in total. The van der Waals surface area contributed by atoms with Crippen LogP contribution in [0.2, 0.25) is 0 Å². The van der Waals surface area contributed by atoms with Gasteiger partial charge in [0.05, 0.1) is 17.6 Å². The summed E-state index contributed by atoms with van der Waals surface area (Å²) in [7, 11) is 1.85. The number of benzene rings is 1. The lowest BCUT2D eigenvalue weighted by Gasteiger charge is -2.24. The van der Waals surface area contributed by atoms with Gasteiger partial charge in [0.1, 0.15) is 17.1 Å². The molecule has 4 aromatic heterocycles. The Bertz CT molecular complexity index is 1450. The number of hydrogen-bond acceptors (Lipinski definition) is 6. The first-order valence-electron chi connectivity index (χ1n) is 9.92. The van der Waals surface area contributed by atoms with Crippen molar-refractivity contribution in [2.75, 3.05) is 5.73 Å². The molecule has 1 aromatic carbocycles. The molecule has 160 valence electrons. The van der Waals surface area contributed by atoms with Crippen LogP contribution >= 0.6 is 0 Å². The lowest BCUT2D eigenvalue weighted by molar-refractivity contribution is 0.0933. The summed E-state index contributed by atoms with van der Waals surface area (Å²) in [6.07, 6.45) is 7.21. The first-order valence-corrected chi connectivity index (χ1v) is 9.92. The van der Waals surface area contributed by atoms with Crippen LogP contribution in [0.3, 0.4) is 0 Å². The number of aromatic nitrogens is 6. The fraction of sp³-hybridized carbons (Fsp3) is 0.130. The highest BCUT2D eigenvalue weighted by Crippen LogP contribution is 2.34. The molecule has 0 unspecified atom stereocenters. The van der Waals surface area contributed by atoms with Gasteiger partial charge in [-0.3, -0.25) is 4.68 Å². The Labute approximate surface area is 182 Å². The van der Waals surface area contributed by atoms with Gasteiger partial charge in [-0.05, 0) is 25.1 Å². The van der Waals surface area contributed by atoms with Gasteiger partial charge in [0.15, 0.2) is 0 Å². The van der Waals surface area contributed by atoms with Gasteiger partial charge in [-0.2, -0.15) is 5.10 Å². The zero-order valence-corrected chi connectivity index (χ0v) is 17.4. The van der Waals surface area contributed by atoms with Crippen molar-refractivity contribution in [1.29, 1.82) is 0 Å². The molecule has 0 radical (unpaired) electrons. The Hall–Kier alpha value is -4.11.